The summed E-state index contributed by atoms with van der Waals surface area (Å²) in [4.78, 5) is 0.355. The van der Waals surface area contributed by atoms with E-state index >= 15 is 0 Å². The molecule has 0 saturated carbocycles. The number of nitrogens with two attached hydrogens (primary N) is 1. The molecule has 0 aromatic heterocycles. The minimum Gasteiger partial charge on any atom is -0.398 e. The second-order valence-electron chi connectivity index (χ2n) is 5.08. The van der Waals surface area contributed by atoms with Gasteiger partial charge in [-0.15, -0.1) is 0 Å². The van der Waals surface area contributed by atoms with E-state index in [-0.39, 0.29) is 6.04 Å². The molecule has 1 aromatic rings. The third kappa shape index (κ3) is 2.12. The molecule has 2 N–H and O–H groups in total. The molecule has 1 aliphatic rings. The third-order valence-corrected chi connectivity index (χ3v) is 5.76. The predicted molar refractivity (Wildman–Crippen MR) is 72.9 cm³/mol. The van der Waals surface area contributed by atoms with Crippen LogP contribution in [0.2, 0.25) is 0 Å². The van der Waals surface area contributed by atoms with Crippen molar-refractivity contribution in [3.63, 3.8) is 0 Å². The van der Waals surface area contributed by atoms with E-state index in [2.05, 4.69) is 0 Å². The lowest BCUT2D eigenvalue weighted by molar-refractivity contribution is 0.408. The highest BCUT2D eigenvalue weighted by atomic mass is 32.2. The van der Waals surface area contributed by atoms with Crippen molar-refractivity contribution in [2.24, 2.45) is 0 Å². The molecule has 1 aliphatic heterocycles. The zero-order valence-electron chi connectivity index (χ0n) is 11.1. The van der Waals surface area contributed by atoms with Crippen LogP contribution in [-0.2, 0) is 10.0 Å². The Hall–Kier alpha value is -1.07. The highest BCUT2D eigenvalue weighted by Crippen LogP contribution is 2.30. The standard InChI is InChI=1S/C13H20N2O2S/c1-9-7-12(14)11(3)13(8-9)18(16,17)15-6-4-5-10(15)2/h7-8,10H,4-6,14H2,1-3H3. The monoisotopic (exact) mass is 268 g/mol. The van der Waals surface area contributed by atoms with Crippen LogP contribution < -0.4 is 5.73 Å². The zero-order valence-corrected chi connectivity index (χ0v) is 11.9. The van der Waals surface area contributed by atoms with Crippen molar-refractivity contribution in [1.82, 2.24) is 4.31 Å². The molecule has 1 atom stereocenters. The van der Waals surface area contributed by atoms with E-state index in [1.165, 1.54) is 0 Å². The number of sulfonamides is 1. The van der Waals surface area contributed by atoms with Crippen molar-refractivity contribution in [1.29, 1.82) is 0 Å². The summed E-state index contributed by atoms with van der Waals surface area (Å²) in [5, 5.41) is 0. The maximum atomic E-state index is 12.6. The number of hydrogen-bond acceptors (Lipinski definition) is 3. The lowest BCUT2D eigenvalue weighted by atomic mass is 10.1. The van der Waals surface area contributed by atoms with Crippen molar-refractivity contribution in [3.8, 4) is 0 Å². The summed E-state index contributed by atoms with van der Waals surface area (Å²) in [6, 6.07) is 3.60. The highest BCUT2D eigenvalue weighted by molar-refractivity contribution is 7.89. The minimum atomic E-state index is -3.41. The van der Waals surface area contributed by atoms with E-state index in [1.54, 1.807) is 17.3 Å². The predicted octanol–water partition coefficient (Wildman–Crippen LogP) is 2.06. The summed E-state index contributed by atoms with van der Waals surface area (Å²) in [7, 11) is -3.41. The van der Waals surface area contributed by atoms with Crippen molar-refractivity contribution < 1.29 is 8.42 Å². The molecule has 100 valence electrons. The van der Waals surface area contributed by atoms with Gasteiger partial charge in [0.15, 0.2) is 0 Å². The number of nitrogen functional groups attached to an aromatic ring is 1. The summed E-state index contributed by atoms with van der Waals surface area (Å²) < 4.78 is 26.9. The number of hydrogen-bond donors (Lipinski definition) is 1. The van der Waals surface area contributed by atoms with Crippen LogP contribution in [0.25, 0.3) is 0 Å². The zero-order chi connectivity index (χ0) is 13.5. The summed E-state index contributed by atoms with van der Waals surface area (Å²) in [5.41, 5.74) is 7.94. The Morgan fingerprint density at radius 3 is 2.56 bits per heavy atom. The molecule has 0 spiro atoms. The molecule has 0 bridgehead atoms. The molecule has 4 nitrogen and oxygen atoms in total. The molecule has 5 heteroatoms. The molecule has 0 aliphatic carbocycles. The van der Waals surface area contributed by atoms with Gasteiger partial charge in [-0.1, -0.05) is 0 Å². The lowest BCUT2D eigenvalue weighted by Gasteiger charge is -2.22. The maximum absolute atomic E-state index is 12.6. The van der Waals surface area contributed by atoms with Gasteiger partial charge in [0.1, 0.15) is 0 Å². The van der Waals surface area contributed by atoms with E-state index in [9.17, 15) is 8.42 Å². The van der Waals surface area contributed by atoms with Crippen molar-refractivity contribution in [3.05, 3.63) is 23.3 Å². The summed E-state index contributed by atoms with van der Waals surface area (Å²) >= 11 is 0. The van der Waals surface area contributed by atoms with Crippen molar-refractivity contribution >= 4 is 15.7 Å². The Morgan fingerprint density at radius 1 is 1.33 bits per heavy atom. The average molecular weight is 268 g/mol. The van der Waals surface area contributed by atoms with E-state index in [0.29, 0.717) is 22.7 Å². The van der Waals surface area contributed by atoms with Crippen LogP contribution in [0.5, 0.6) is 0 Å². The number of aryl methyl sites for hydroxylation is 1. The fourth-order valence-electron chi connectivity index (χ4n) is 2.51. The molecule has 0 amide bonds. The SMILES string of the molecule is Cc1cc(N)c(C)c(S(=O)(=O)N2CCCC2C)c1. The first-order chi connectivity index (χ1) is 8.34. The molecule has 0 radical (unpaired) electrons. The van der Waals surface area contributed by atoms with Gasteiger partial charge in [-0.05, 0) is 56.9 Å². The first-order valence-electron chi connectivity index (χ1n) is 6.22. The van der Waals surface area contributed by atoms with Gasteiger partial charge < -0.3 is 5.73 Å². The van der Waals surface area contributed by atoms with Crippen LogP contribution in [0.4, 0.5) is 5.69 Å². The van der Waals surface area contributed by atoms with Crippen LogP contribution in [0.1, 0.15) is 30.9 Å². The fourth-order valence-corrected chi connectivity index (χ4v) is 4.55. The average Bonchev–Trinajstić information content (AvgIpc) is 2.70. The number of rotatable bonds is 2. The molecule has 1 fully saturated rings. The Morgan fingerprint density at radius 2 is 2.00 bits per heavy atom. The van der Waals surface area contributed by atoms with Gasteiger partial charge in [0, 0.05) is 18.3 Å². The number of benzene rings is 1. The van der Waals surface area contributed by atoms with Gasteiger partial charge in [-0.3, -0.25) is 0 Å². The van der Waals surface area contributed by atoms with Gasteiger partial charge in [-0.25, -0.2) is 8.42 Å². The summed E-state index contributed by atoms with van der Waals surface area (Å²) in [5.74, 6) is 0. The molecule has 1 heterocycles. The Kier molecular flexibility index (Phi) is 3.38. The lowest BCUT2D eigenvalue weighted by Crippen LogP contribution is -2.34. The van der Waals surface area contributed by atoms with Gasteiger partial charge >= 0.3 is 0 Å². The van der Waals surface area contributed by atoms with Crippen molar-refractivity contribution in [2.75, 3.05) is 12.3 Å². The Labute approximate surface area is 109 Å². The number of anilines is 1. The second kappa shape index (κ2) is 4.55. The van der Waals surface area contributed by atoms with Gasteiger partial charge in [0.25, 0.3) is 0 Å². The topological polar surface area (TPSA) is 63.4 Å². The smallest absolute Gasteiger partial charge is 0.243 e. The molecule has 1 saturated heterocycles. The molecule has 1 aromatic carbocycles. The van der Waals surface area contributed by atoms with E-state index in [4.69, 9.17) is 5.73 Å². The van der Waals surface area contributed by atoms with Crippen molar-refractivity contribution in [2.45, 2.75) is 44.6 Å². The third-order valence-electron chi connectivity index (χ3n) is 3.62. The molecular formula is C13H20N2O2S. The molecule has 18 heavy (non-hydrogen) atoms. The molecular weight excluding hydrogens is 248 g/mol. The highest BCUT2D eigenvalue weighted by Gasteiger charge is 2.33. The van der Waals surface area contributed by atoms with Gasteiger partial charge in [0.05, 0.1) is 4.90 Å². The molecule has 2 rings (SSSR count). The van der Waals surface area contributed by atoms with E-state index in [0.717, 1.165) is 18.4 Å². The second-order valence-corrected chi connectivity index (χ2v) is 6.94. The Balaban J connectivity index is 2.54. The van der Waals surface area contributed by atoms with E-state index in [1.807, 2.05) is 19.9 Å². The van der Waals surface area contributed by atoms with Gasteiger partial charge in [0.2, 0.25) is 10.0 Å². The largest absolute Gasteiger partial charge is 0.398 e. The number of nitrogens with zero attached hydrogens (tertiary/aromatic N) is 1. The Bertz CT molecular complexity index is 567. The van der Waals surface area contributed by atoms with Crippen LogP contribution in [0.3, 0.4) is 0 Å². The molecule has 1 unspecified atom stereocenters. The normalized spacial score (nSPS) is 21.4. The van der Waals surface area contributed by atoms with Crippen LogP contribution in [-0.4, -0.2) is 25.3 Å². The van der Waals surface area contributed by atoms with E-state index < -0.39 is 10.0 Å². The first-order valence-corrected chi connectivity index (χ1v) is 7.66. The minimum absolute atomic E-state index is 0.0798. The maximum Gasteiger partial charge on any atom is 0.243 e. The van der Waals surface area contributed by atoms with Gasteiger partial charge in [-0.2, -0.15) is 4.31 Å². The quantitative estimate of drug-likeness (QED) is 0.835. The van der Waals surface area contributed by atoms with Crippen LogP contribution in [0.15, 0.2) is 17.0 Å². The first kappa shape index (κ1) is 13.4. The summed E-state index contributed by atoms with van der Waals surface area (Å²) in [6.07, 6.45) is 1.86. The summed E-state index contributed by atoms with van der Waals surface area (Å²) in [6.45, 7) is 6.19. The fraction of sp³-hybridized carbons (Fsp3) is 0.538. The van der Waals surface area contributed by atoms with Crippen LogP contribution >= 0.6 is 0 Å². The van der Waals surface area contributed by atoms with Crippen LogP contribution in [0, 0.1) is 13.8 Å².